The molecule has 2 amide bonds. The van der Waals surface area contributed by atoms with E-state index in [1.54, 1.807) is 43.5 Å². The lowest BCUT2D eigenvalue weighted by Gasteiger charge is -2.16. The minimum Gasteiger partial charge on any atom is -0.497 e. The van der Waals surface area contributed by atoms with E-state index < -0.39 is 6.04 Å². The zero-order chi connectivity index (χ0) is 16.4. The summed E-state index contributed by atoms with van der Waals surface area (Å²) in [4.78, 5) is 26.0. The van der Waals surface area contributed by atoms with Gasteiger partial charge in [-0.1, -0.05) is 15.9 Å². The third-order valence-corrected chi connectivity index (χ3v) is 4.19. The molecule has 1 aliphatic rings. The van der Waals surface area contributed by atoms with E-state index in [0.29, 0.717) is 5.69 Å². The smallest absolute Gasteiger partial charge is 0.256 e. The molecule has 118 valence electrons. The molecule has 1 heterocycles. The van der Waals surface area contributed by atoms with Crippen LogP contribution < -0.4 is 15.0 Å². The van der Waals surface area contributed by atoms with Gasteiger partial charge in [0.2, 0.25) is 5.91 Å². The summed E-state index contributed by atoms with van der Waals surface area (Å²) in [5, 5.41) is 3.11. The lowest BCUT2D eigenvalue weighted by atomic mass is 10.2. The molecule has 23 heavy (non-hydrogen) atoms. The molecule has 0 aliphatic carbocycles. The van der Waals surface area contributed by atoms with Crippen molar-refractivity contribution in [2.24, 2.45) is 0 Å². The number of nitrogens with zero attached hydrogens (tertiary/aromatic N) is 1. The maximum atomic E-state index is 12.5. The highest BCUT2D eigenvalue weighted by Crippen LogP contribution is 2.26. The van der Waals surface area contributed by atoms with Gasteiger partial charge in [0.05, 0.1) is 19.2 Å². The topological polar surface area (TPSA) is 58.6 Å². The molecule has 6 heteroatoms. The molecule has 0 saturated carbocycles. The third-order valence-electron chi connectivity index (χ3n) is 3.66. The summed E-state index contributed by atoms with van der Waals surface area (Å²) in [6.07, 6.45) is 0.140. The van der Waals surface area contributed by atoms with E-state index >= 15 is 0 Å². The van der Waals surface area contributed by atoms with E-state index in [0.717, 1.165) is 15.9 Å². The first-order chi connectivity index (χ1) is 11.1. The van der Waals surface area contributed by atoms with Crippen LogP contribution in [0.1, 0.15) is 6.42 Å². The second-order valence-corrected chi connectivity index (χ2v) is 6.09. The number of hydrogen-bond donors (Lipinski definition) is 1. The number of anilines is 2. The Kier molecular flexibility index (Phi) is 4.34. The number of nitrogens with one attached hydrogen (secondary N) is 1. The van der Waals surface area contributed by atoms with Crippen LogP contribution in [0.15, 0.2) is 53.0 Å². The minimum absolute atomic E-state index is 0.140. The van der Waals surface area contributed by atoms with Gasteiger partial charge in [0.25, 0.3) is 5.91 Å². The molecule has 0 aromatic heterocycles. The van der Waals surface area contributed by atoms with Crippen molar-refractivity contribution < 1.29 is 14.3 Å². The lowest BCUT2D eigenvalue weighted by Crippen LogP contribution is -2.34. The highest BCUT2D eigenvalue weighted by molar-refractivity contribution is 9.10. The van der Waals surface area contributed by atoms with Crippen LogP contribution in [0.3, 0.4) is 0 Å². The van der Waals surface area contributed by atoms with Gasteiger partial charge in [-0.15, -0.1) is 0 Å². The Hall–Kier alpha value is -2.34. The Morgan fingerprint density at radius 2 is 1.74 bits per heavy atom. The first kappa shape index (κ1) is 15.6. The summed E-state index contributed by atoms with van der Waals surface area (Å²) in [5.41, 5.74) is 1.36. The summed E-state index contributed by atoms with van der Waals surface area (Å²) < 4.78 is 6.00. The number of amides is 2. The van der Waals surface area contributed by atoms with Gasteiger partial charge in [0, 0.05) is 10.2 Å². The molecule has 1 fully saturated rings. The first-order valence-corrected chi connectivity index (χ1v) is 7.91. The Labute approximate surface area is 142 Å². The fraction of sp³-hybridized carbons (Fsp3) is 0.176. The quantitative estimate of drug-likeness (QED) is 0.834. The van der Waals surface area contributed by atoms with Gasteiger partial charge in [-0.05, 0) is 48.5 Å². The standard InChI is InChI=1S/C17H15BrN2O3/c1-23-14-8-4-12(5-9-14)19-15-10-16(21)20(17(15)22)13-6-2-11(18)3-7-13/h2-9,15,19H,10H2,1H3/t15-/m0/s1. The van der Waals surface area contributed by atoms with Crippen molar-refractivity contribution in [2.75, 3.05) is 17.3 Å². The van der Waals surface area contributed by atoms with E-state index in [4.69, 9.17) is 4.74 Å². The van der Waals surface area contributed by atoms with Gasteiger partial charge in [0.15, 0.2) is 0 Å². The number of carbonyl (C=O) groups excluding carboxylic acids is 2. The van der Waals surface area contributed by atoms with Gasteiger partial charge in [-0.2, -0.15) is 0 Å². The average molecular weight is 375 g/mol. The second-order valence-electron chi connectivity index (χ2n) is 5.17. The molecule has 0 bridgehead atoms. The van der Waals surface area contributed by atoms with Crippen molar-refractivity contribution in [1.29, 1.82) is 0 Å². The molecule has 1 saturated heterocycles. The van der Waals surface area contributed by atoms with Crippen molar-refractivity contribution in [2.45, 2.75) is 12.5 Å². The third kappa shape index (κ3) is 3.22. The molecule has 2 aromatic rings. The van der Waals surface area contributed by atoms with Crippen LogP contribution in [-0.2, 0) is 9.59 Å². The van der Waals surface area contributed by atoms with Crippen molar-refractivity contribution in [3.8, 4) is 5.75 Å². The van der Waals surface area contributed by atoms with E-state index in [1.165, 1.54) is 4.90 Å². The van der Waals surface area contributed by atoms with Crippen LogP contribution in [0.4, 0.5) is 11.4 Å². The summed E-state index contributed by atoms with van der Waals surface area (Å²) in [5.74, 6) is 0.289. The molecule has 0 radical (unpaired) electrons. The highest BCUT2D eigenvalue weighted by Gasteiger charge is 2.39. The van der Waals surface area contributed by atoms with Gasteiger partial charge in [-0.25, -0.2) is 4.90 Å². The number of imide groups is 1. The summed E-state index contributed by atoms with van der Waals surface area (Å²) in [6.45, 7) is 0. The first-order valence-electron chi connectivity index (χ1n) is 7.11. The monoisotopic (exact) mass is 374 g/mol. The van der Waals surface area contributed by atoms with Gasteiger partial charge < -0.3 is 10.1 Å². The van der Waals surface area contributed by atoms with E-state index in [2.05, 4.69) is 21.2 Å². The van der Waals surface area contributed by atoms with Crippen molar-refractivity contribution in [1.82, 2.24) is 0 Å². The van der Waals surface area contributed by atoms with E-state index in [9.17, 15) is 9.59 Å². The van der Waals surface area contributed by atoms with Crippen molar-refractivity contribution in [3.63, 3.8) is 0 Å². The zero-order valence-corrected chi connectivity index (χ0v) is 14.0. The van der Waals surface area contributed by atoms with E-state index in [1.807, 2.05) is 12.1 Å². The maximum Gasteiger partial charge on any atom is 0.256 e. The normalized spacial score (nSPS) is 17.5. The second kappa shape index (κ2) is 6.42. The fourth-order valence-electron chi connectivity index (χ4n) is 2.49. The van der Waals surface area contributed by atoms with Crippen LogP contribution in [0.5, 0.6) is 5.75 Å². The molecule has 2 aromatic carbocycles. The number of carbonyl (C=O) groups is 2. The molecule has 5 nitrogen and oxygen atoms in total. The summed E-state index contributed by atoms with van der Waals surface area (Å²) in [7, 11) is 1.59. The van der Waals surface area contributed by atoms with Crippen LogP contribution in [0.2, 0.25) is 0 Å². The predicted octanol–water partition coefficient (Wildman–Crippen LogP) is 3.20. The van der Waals surface area contributed by atoms with Gasteiger partial charge in [-0.3, -0.25) is 9.59 Å². The van der Waals surface area contributed by atoms with Crippen LogP contribution in [0, 0.1) is 0 Å². The van der Waals surface area contributed by atoms with Gasteiger partial charge >= 0.3 is 0 Å². The number of ether oxygens (including phenoxy) is 1. The maximum absolute atomic E-state index is 12.5. The molecule has 1 N–H and O–H groups in total. The van der Waals surface area contributed by atoms with Gasteiger partial charge in [0.1, 0.15) is 11.8 Å². The molecular formula is C17H15BrN2O3. The number of hydrogen-bond acceptors (Lipinski definition) is 4. The molecular weight excluding hydrogens is 360 g/mol. The minimum atomic E-state index is -0.556. The van der Waals surface area contributed by atoms with Crippen molar-refractivity contribution >= 4 is 39.1 Å². The summed E-state index contributed by atoms with van der Waals surface area (Å²) in [6, 6.07) is 13.8. The zero-order valence-electron chi connectivity index (χ0n) is 12.5. The van der Waals surface area contributed by atoms with Crippen LogP contribution in [0.25, 0.3) is 0 Å². The lowest BCUT2D eigenvalue weighted by molar-refractivity contribution is -0.121. The Morgan fingerprint density at radius 1 is 1.09 bits per heavy atom. The Morgan fingerprint density at radius 3 is 2.35 bits per heavy atom. The molecule has 1 atom stereocenters. The molecule has 0 unspecified atom stereocenters. The van der Waals surface area contributed by atoms with Crippen LogP contribution in [-0.4, -0.2) is 25.0 Å². The number of methoxy groups -OCH3 is 1. The Bertz CT molecular complexity index is 729. The van der Waals surface area contributed by atoms with E-state index in [-0.39, 0.29) is 18.2 Å². The SMILES string of the molecule is COc1ccc(N[C@H]2CC(=O)N(c3ccc(Br)cc3)C2=O)cc1. The highest BCUT2D eigenvalue weighted by atomic mass is 79.9. The molecule has 3 rings (SSSR count). The Balaban J connectivity index is 1.76. The largest absolute Gasteiger partial charge is 0.497 e. The predicted molar refractivity (Wildman–Crippen MR) is 91.7 cm³/mol. The van der Waals surface area contributed by atoms with Crippen LogP contribution >= 0.6 is 15.9 Å². The fourth-order valence-corrected chi connectivity index (χ4v) is 2.76. The summed E-state index contributed by atoms with van der Waals surface area (Å²) >= 11 is 3.34. The molecule has 0 spiro atoms. The number of benzene rings is 2. The molecule has 1 aliphatic heterocycles. The van der Waals surface area contributed by atoms with Crippen molar-refractivity contribution in [3.05, 3.63) is 53.0 Å². The number of rotatable bonds is 4. The number of halogens is 1. The average Bonchev–Trinajstić information content (AvgIpc) is 2.83.